The third-order valence-corrected chi connectivity index (χ3v) is 5.05. The maximum Gasteiger partial charge on any atom is 0.253 e. The number of aromatic nitrogens is 2. The van der Waals surface area contributed by atoms with Crippen molar-refractivity contribution < 1.29 is 9.21 Å². The van der Waals surface area contributed by atoms with Crippen LogP contribution in [0.4, 0.5) is 0 Å². The van der Waals surface area contributed by atoms with Gasteiger partial charge in [-0.1, -0.05) is 24.3 Å². The first-order valence-corrected chi connectivity index (χ1v) is 9.13. The Morgan fingerprint density at radius 3 is 2.44 bits per heavy atom. The third-order valence-electron chi connectivity index (χ3n) is 5.05. The summed E-state index contributed by atoms with van der Waals surface area (Å²) in [7, 11) is 0. The van der Waals surface area contributed by atoms with Crippen molar-refractivity contribution in [3.05, 3.63) is 71.6 Å². The minimum Gasteiger partial charge on any atom is -0.423 e. The van der Waals surface area contributed by atoms with Gasteiger partial charge in [0.2, 0.25) is 12.3 Å². The Labute approximate surface area is 158 Å². The van der Waals surface area contributed by atoms with Crippen LogP contribution < -0.4 is 0 Å². The molecular formula is C21H22N4O2. The van der Waals surface area contributed by atoms with Gasteiger partial charge < -0.3 is 9.32 Å². The van der Waals surface area contributed by atoms with Crippen LogP contribution in [0.1, 0.15) is 21.5 Å². The molecule has 1 saturated heterocycles. The molecule has 1 aliphatic heterocycles. The number of carbonyl (C=O) groups excluding carboxylic acids is 1. The molecule has 6 heteroatoms. The fourth-order valence-electron chi connectivity index (χ4n) is 3.37. The summed E-state index contributed by atoms with van der Waals surface area (Å²) in [5, 5.41) is 7.56. The molecule has 4 rings (SSSR count). The molecule has 1 fully saturated rings. The quantitative estimate of drug-likeness (QED) is 0.714. The van der Waals surface area contributed by atoms with Crippen molar-refractivity contribution in [3.8, 4) is 11.5 Å². The molecule has 0 aliphatic carbocycles. The largest absolute Gasteiger partial charge is 0.423 e. The monoisotopic (exact) mass is 362 g/mol. The Hall–Kier alpha value is -2.99. The second-order valence-electron chi connectivity index (χ2n) is 6.82. The summed E-state index contributed by atoms with van der Waals surface area (Å²) >= 11 is 0. The molecule has 138 valence electrons. The van der Waals surface area contributed by atoms with E-state index in [0.29, 0.717) is 11.5 Å². The van der Waals surface area contributed by atoms with Gasteiger partial charge in [0.1, 0.15) is 0 Å². The van der Waals surface area contributed by atoms with Gasteiger partial charge in [-0.25, -0.2) is 0 Å². The number of piperazine rings is 1. The molecular weight excluding hydrogens is 340 g/mol. The summed E-state index contributed by atoms with van der Waals surface area (Å²) < 4.78 is 5.18. The van der Waals surface area contributed by atoms with E-state index in [-0.39, 0.29) is 5.91 Å². The minimum atomic E-state index is 0.0719. The number of carbonyl (C=O) groups is 1. The number of hydrogen-bond donors (Lipinski definition) is 0. The van der Waals surface area contributed by atoms with Gasteiger partial charge in [-0.3, -0.25) is 9.69 Å². The molecule has 0 atom stereocenters. The Balaban J connectivity index is 1.35. The predicted octanol–water partition coefficient (Wildman–Crippen LogP) is 3.00. The maximum absolute atomic E-state index is 12.8. The van der Waals surface area contributed by atoms with Gasteiger partial charge in [-0.15, -0.1) is 10.2 Å². The lowest BCUT2D eigenvalue weighted by atomic mass is 10.1. The van der Waals surface area contributed by atoms with Gasteiger partial charge in [0, 0.05) is 43.9 Å². The summed E-state index contributed by atoms with van der Waals surface area (Å²) in [6.45, 7) is 6.35. The molecule has 6 nitrogen and oxygen atoms in total. The van der Waals surface area contributed by atoms with Crippen molar-refractivity contribution in [2.45, 2.75) is 13.5 Å². The fourth-order valence-corrected chi connectivity index (χ4v) is 3.37. The summed E-state index contributed by atoms with van der Waals surface area (Å²) in [4.78, 5) is 17.1. The van der Waals surface area contributed by atoms with Gasteiger partial charge in [-0.2, -0.15) is 0 Å². The van der Waals surface area contributed by atoms with Gasteiger partial charge >= 0.3 is 0 Å². The first-order valence-electron chi connectivity index (χ1n) is 9.13. The highest BCUT2D eigenvalue weighted by molar-refractivity contribution is 5.94. The van der Waals surface area contributed by atoms with Crippen molar-refractivity contribution in [3.63, 3.8) is 0 Å². The van der Waals surface area contributed by atoms with Crippen LogP contribution in [0.2, 0.25) is 0 Å². The molecule has 0 N–H and O–H groups in total. The molecule has 0 bridgehead atoms. The zero-order valence-electron chi connectivity index (χ0n) is 15.3. The normalized spacial score (nSPS) is 15.1. The van der Waals surface area contributed by atoms with Gasteiger partial charge in [0.05, 0.1) is 0 Å². The first-order chi connectivity index (χ1) is 13.2. The minimum absolute atomic E-state index is 0.0719. The molecule has 0 unspecified atom stereocenters. The molecule has 3 aromatic rings. The van der Waals surface area contributed by atoms with E-state index in [9.17, 15) is 4.79 Å². The zero-order valence-corrected chi connectivity index (χ0v) is 15.3. The number of aryl methyl sites for hydroxylation is 1. The van der Waals surface area contributed by atoms with Crippen LogP contribution in [0.15, 0.2) is 59.3 Å². The topological polar surface area (TPSA) is 62.5 Å². The number of amides is 1. The maximum atomic E-state index is 12.8. The summed E-state index contributed by atoms with van der Waals surface area (Å²) in [5.74, 6) is 0.529. The van der Waals surface area contributed by atoms with E-state index in [0.717, 1.165) is 38.3 Å². The van der Waals surface area contributed by atoms with Crippen molar-refractivity contribution >= 4 is 5.91 Å². The third kappa shape index (κ3) is 3.90. The van der Waals surface area contributed by atoms with E-state index in [1.54, 1.807) is 0 Å². The van der Waals surface area contributed by atoms with Crippen LogP contribution in [-0.2, 0) is 6.54 Å². The van der Waals surface area contributed by atoms with Crippen LogP contribution in [0.3, 0.4) is 0 Å². The smallest absolute Gasteiger partial charge is 0.253 e. The van der Waals surface area contributed by atoms with Crippen LogP contribution >= 0.6 is 0 Å². The van der Waals surface area contributed by atoms with Crippen molar-refractivity contribution in [1.82, 2.24) is 20.0 Å². The van der Waals surface area contributed by atoms with E-state index >= 15 is 0 Å². The average molecular weight is 362 g/mol. The van der Waals surface area contributed by atoms with E-state index in [1.807, 2.05) is 29.2 Å². The highest BCUT2D eigenvalue weighted by Crippen LogP contribution is 2.18. The Bertz CT molecular complexity index is 898. The Morgan fingerprint density at radius 2 is 1.78 bits per heavy atom. The number of rotatable bonds is 4. The lowest BCUT2D eigenvalue weighted by Crippen LogP contribution is -2.48. The molecule has 1 aliphatic rings. The molecule has 0 saturated carbocycles. The highest BCUT2D eigenvalue weighted by atomic mass is 16.4. The lowest BCUT2D eigenvalue weighted by Gasteiger charge is -2.35. The SMILES string of the molecule is Cc1ccccc1CN1CCN(C(=O)c2ccc(-c3nnco3)cc2)CC1. The Morgan fingerprint density at radius 1 is 1.04 bits per heavy atom. The van der Waals surface area contributed by atoms with Crippen LogP contribution in [0, 0.1) is 6.92 Å². The van der Waals surface area contributed by atoms with Crippen LogP contribution in [0.5, 0.6) is 0 Å². The second-order valence-corrected chi connectivity index (χ2v) is 6.82. The second kappa shape index (κ2) is 7.72. The molecule has 2 heterocycles. The van der Waals surface area contributed by atoms with Crippen molar-refractivity contribution in [2.24, 2.45) is 0 Å². The molecule has 0 spiro atoms. The molecule has 27 heavy (non-hydrogen) atoms. The zero-order chi connectivity index (χ0) is 18.6. The van der Waals surface area contributed by atoms with Crippen LogP contribution in [-0.4, -0.2) is 52.1 Å². The average Bonchev–Trinajstić information content (AvgIpc) is 3.25. The van der Waals surface area contributed by atoms with E-state index < -0.39 is 0 Å². The van der Waals surface area contributed by atoms with E-state index in [4.69, 9.17) is 4.42 Å². The van der Waals surface area contributed by atoms with E-state index in [2.05, 4.69) is 46.3 Å². The standard InChI is InChI=1S/C21H22N4O2/c1-16-4-2-3-5-19(16)14-24-10-12-25(13-11-24)21(26)18-8-6-17(7-9-18)20-23-22-15-27-20/h2-9,15H,10-14H2,1H3. The molecule has 0 radical (unpaired) electrons. The number of hydrogen-bond acceptors (Lipinski definition) is 5. The molecule has 1 amide bonds. The highest BCUT2D eigenvalue weighted by Gasteiger charge is 2.22. The van der Waals surface area contributed by atoms with Gasteiger partial charge in [-0.05, 0) is 42.3 Å². The summed E-state index contributed by atoms with van der Waals surface area (Å²) in [6.07, 6.45) is 1.30. The van der Waals surface area contributed by atoms with Crippen molar-refractivity contribution in [1.29, 1.82) is 0 Å². The fraction of sp³-hybridized carbons (Fsp3) is 0.286. The number of nitrogens with zero attached hydrogens (tertiary/aromatic N) is 4. The predicted molar refractivity (Wildman–Crippen MR) is 102 cm³/mol. The molecule has 2 aromatic carbocycles. The van der Waals surface area contributed by atoms with Gasteiger partial charge in [0.25, 0.3) is 5.91 Å². The van der Waals surface area contributed by atoms with Crippen LogP contribution in [0.25, 0.3) is 11.5 Å². The molecule has 1 aromatic heterocycles. The summed E-state index contributed by atoms with van der Waals surface area (Å²) in [5.41, 5.74) is 4.17. The van der Waals surface area contributed by atoms with Crippen molar-refractivity contribution in [2.75, 3.05) is 26.2 Å². The lowest BCUT2D eigenvalue weighted by molar-refractivity contribution is 0.0628. The summed E-state index contributed by atoms with van der Waals surface area (Å²) in [6, 6.07) is 15.8. The number of benzene rings is 2. The van der Waals surface area contributed by atoms with E-state index in [1.165, 1.54) is 17.5 Å². The first kappa shape index (κ1) is 17.4. The van der Waals surface area contributed by atoms with Gasteiger partial charge in [0.15, 0.2) is 0 Å². The Kier molecular flexibility index (Phi) is 4.98.